The highest BCUT2D eigenvalue weighted by molar-refractivity contribution is 5.45. The molecule has 0 radical (unpaired) electrons. The molecule has 4 nitrogen and oxygen atoms in total. The van der Waals surface area contributed by atoms with Crippen LogP contribution in [0.25, 0.3) is 0 Å². The summed E-state index contributed by atoms with van der Waals surface area (Å²) in [6.45, 7) is 3.89. The highest BCUT2D eigenvalue weighted by Gasteiger charge is 2.19. The molecular weight excluding hydrogens is 216 g/mol. The Labute approximate surface area is 102 Å². The molecule has 0 amide bonds. The third-order valence-corrected chi connectivity index (χ3v) is 3.34. The third-order valence-electron chi connectivity index (χ3n) is 3.34. The van der Waals surface area contributed by atoms with Gasteiger partial charge in [-0.05, 0) is 37.8 Å². The lowest BCUT2D eigenvalue weighted by Crippen LogP contribution is -2.36. The minimum absolute atomic E-state index is 0.260. The molecule has 0 aromatic carbocycles. The zero-order chi connectivity index (χ0) is 12.3. The van der Waals surface area contributed by atoms with E-state index in [-0.39, 0.29) is 6.61 Å². The Morgan fingerprint density at radius 3 is 2.94 bits per heavy atom. The first-order valence-corrected chi connectivity index (χ1v) is 6.20. The van der Waals surface area contributed by atoms with Crippen molar-refractivity contribution in [3.05, 3.63) is 24.0 Å². The van der Waals surface area contributed by atoms with Crippen LogP contribution in [0.15, 0.2) is 18.3 Å². The van der Waals surface area contributed by atoms with Crippen molar-refractivity contribution >= 4 is 5.69 Å². The number of aliphatic hydroxyl groups excluding tert-OH is 2. The fraction of sp³-hybridized carbons (Fsp3) is 0.615. The Hall–Kier alpha value is -1.13. The van der Waals surface area contributed by atoms with Crippen LogP contribution >= 0.6 is 0 Å². The predicted molar refractivity (Wildman–Crippen MR) is 66.9 cm³/mol. The lowest BCUT2D eigenvalue weighted by Gasteiger charge is -2.33. The fourth-order valence-corrected chi connectivity index (χ4v) is 2.28. The average molecular weight is 236 g/mol. The van der Waals surface area contributed by atoms with Crippen molar-refractivity contribution < 1.29 is 10.2 Å². The first-order chi connectivity index (χ1) is 8.20. The summed E-state index contributed by atoms with van der Waals surface area (Å²) in [6, 6.07) is 3.86. The Morgan fingerprint density at radius 1 is 1.53 bits per heavy atom. The summed E-state index contributed by atoms with van der Waals surface area (Å²) in [5.41, 5.74) is 1.78. The number of hydrogen-bond acceptors (Lipinski definition) is 4. The smallest absolute Gasteiger partial charge is 0.0931 e. The summed E-state index contributed by atoms with van der Waals surface area (Å²) in [5, 5.41) is 18.6. The first kappa shape index (κ1) is 12.3. The molecule has 1 aliphatic rings. The molecule has 17 heavy (non-hydrogen) atoms. The predicted octanol–water partition coefficient (Wildman–Crippen LogP) is 1.34. The maximum atomic E-state index is 9.40. The molecule has 2 heterocycles. The van der Waals surface area contributed by atoms with E-state index in [9.17, 15) is 10.2 Å². The number of aromatic nitrogens is 1. The van der Waals surface area contributed by atoms with E-state index >= 15 is 0 Å². The summed E-state index contributed by atoms with van der Waals surface area (Å²) >= 11 is 0. The van der Waals surface area contributed by atoms with E-state index in [1.165, 1.54) is 0 Å². The van der Waals surface area contributed by atoms with E-state index < -0.39 is 6.10 Å². The Kier molecular flexibility index (Phi) is 3.97. The second-order valence-electron chi connectivity index (χ2n) is 4.75. The summed E-state index contributed by atoms with van der Waals surface area (Å²) in [4.78, 5) is 6.50. The molecule has 1 aromatic heterocycles. The largest absolute Gasteiger partial charge is 0.396 e. The molecule has 4 heteroatoms. The van der Waals surface area contributed by atoms with Crippen LogP contribution in [0.1, 0.15) is 31.6 Å². The summed E-state index contributed by atoms with van der Waals surface area (Å²) < 4.78 is 0. The van der Waals surface area contributed by atoms with Gasteiger partial charge in [0.15, 0.2) is 0 Å². The number of anilines is 1. The highest BCUT2D eigenvalue weighted by atomic mass is 16.3. The molecule has 0 bridgehead atoms. The van der Waals surface area contributed by atoms with Crippen molar-refractivity contribution in [1.29, 1.82) is 0 Å². The first-order valence-electron chi connectivity index (χ1n) is 6.20. The van der Waals surface area contributed by atoms with E-state index in [2.05, 4.69) is 9.88 Å². The molecule has 0 spiro atoms. The van der Waals surface area contributed by atoms with E-state index in [0.717, 1.165) is 31.6 Å². The molecule has 94 valence electrons. The maximum absolute atomic E-state index is 9.40. The minimum Gasteiger partial charge on any atom is -0.396 e. The van der Waals surface area contributed by atoms with Crippen molar-refractivity contribution in [2.75, 3.05) is 24.6 Å². The van der Waals surface area contributed by atoms with Gasteiger partial charge in [-0.25, -0.2) is 0 Å². The fourth-order valence-electron chi connectivity index (χ4n) is 2.28. The number of piperidine rings is 1. The Balaban J connectivity index is 2.06. The van der Waals surface area contributed by atoms with Crippen LogP contribution in [0.5, 0.6) is 0 Å². The lowest BCUT2D eigenvalue weighted by atomic mass is 9.99. The minimum atomic E-state index is -0.518. The highest BCUT2D eigenvalue weighted by Crippen LogP contribution is 2.23. The van der Waals surface area contributed by atoms with Crippen LogP contribution in [-0.4, -0.2) is 34.9 Å². The molecular formula is C13H20N2O2. The van der Waals surface area contributed by atoms with Gasteiger partial charge in [-0.2, -0.15) is 0 Å². The SMILES string of the molecule is CC(O)c1ccc(N2CCCC(CO)C2)cn1. The van der Waals surface area contributed by atoms with Crippen LogP contribution in [0.4, 0.5) is 5.69 Å². The van der Waals surface area contributed by atoms with Crippen LogP contribution in [0.2, 0.25) is 0 Å². The molecule has 2 unspecified atom stereocenters. The van der Waals surface area contributed by atoms with Crippen molar-refractivity contribution in [3.8, 4) is 0 Å². The molecule has 2 atom stereocenters. The van der Waals surface area contributed by atoms with Gasteiger partial charge in [-0.15, -0.1) is 0 Å². The van der Waals surface area contributed by atoms with Crippen LogP contribution in [0.3, 0.4) is 0 Å². The molecule has 1 fully saturated rings. The Morgan fingerprint density at radius 2 is 2.35 bits per heavy atom. The lowest BCUT2D eigenvalue weighted by molar-refractivity contribution is 0.194. The van der Waals surface area contributed by atoms with Gasteiger partial charge in [0.05, 0.1) is 23.7 Å². The quantitative estimate of drug-likeness (QED) is 0.831. The number of pyridine rings is 1. The van der Waals surface area contributed by atoms with Crippen LogP contribution in [0, 0.1) is 5.92 Å². The van der Waals surface area contributed by atoms with Crippen molar-refractivity contribution in [2.45, 2.75) is 25.9 Å². The number of hydrogen-bond donors (Lipinski definition) is 2. The molecule has 1 aliphatic heterocycles. The van der Waals surface area contributed by atoms with Crippen molar-refractivity contribution in [2.24, 2.45) is 5.92 Å². The molecule has 0 aliphatic carbocycles. The van der Waals surface area contributed by atoms with Gasteiger partial charge in [0.25, 0.3) is 0 Å². The molecule has 2 rings (SSSR count). The van der Waals surface area contributed by atoms with E-state index in [1.54, 1.807) is 6.92 Å². The van der Waals surface area contributed by atoms with Crippen molar-refractivity contribution in [3.63, 3.8) is 0 Å². The van der Waals surface area contributed by atoms with Gasteiger partial charge >= 0.3 is 0 Å². The topological polar surface area (TPSA) is 56.6 Å². The van der Waals surface area contributed by atoms with E-state index in [0.29, 0.717) is 11.6 Å². The summed E-state index contributed by atoms with van der Waals surface area (Å²) in [6.07, 6.45) is 3.51. The van der Waals surface area contributed by atoms with E-state index in [1.807, 2.05) is 18.3 Å². The second-order valence-corrected chi connectivity index (χ2v) is 4.75. The zero-order valence-corrected chi connectivity index (χ0v) is 10.2. The number of aliphatic hydroxyl groups is 2. The van der Waals surface area contributed by atoms with Gasteiger partial charge in [-0.3, -0.25) is 4.98 Å². The zero-order valence-electron chi connectivity index (χ0n) is 10.2. The van der Waals surface area contributed by atoms with Crippen LogP contribution in [-0.2, 0) is 0 Å². The average Bonchev–Trinajstić information content (AvgIpc) is 2.39. The molecule has 1 saturated heterocycles. The molecule has 2 N–H and O–H groups in total. The van der Waals surface area contributed by atoms with Gasteiger partial charge in [0.2, 0.25) is 0 Å². The monoisotopic (exact) mass is 236 g/mol. The number of nitrogens with zero attached hydrogens (tertiary/aromatic N) is 2. The van der Waals surface area contributed by atoms with E-state index in [4.69, 9.17) is 0 Å². The summed E-state index contributed by atoms with van der Waals surface area (Å²) in [7, 11) is 0. The van der Waals surface area contributed by atoms with Gasteiger partial charge in [-0.1, -0.05) is 0 Å². The van der Waals surface area contributed by atoms with Crippen LogP contribution < -0.4 is 4.90 Å². The molecule has 0 saturated carbocycles. The normalized spacial score (nSPS) is 22.5. The second kappa shape index (κ2) is 5.47. The standard InChI is InChI=1S/C13H20N2O2/c1-10(17)13-5-4-12(7-14-13)15-6-2-3-11(8-15)9-16/h4-5,7,10-11,16-17H,2-3,6,8-9H2,1H3. The third kappa shape index (κ3) is 2.96. The maximum Gasteiger partial charge on any atom is 0.0931 e. The molecule has 1 aromatic rings. The van der Waals surface area contributed by atoms with Crippen molar-refractivity contribution in [1.82, 2.24) is 4.98 Å². The van der Waals surface area contributed by atoms with Gasteiger partial charge in [0.1, 0.15) is 0 Å². The van der Waals surface area contributed by atoms with Gasteiger partial charge in [0, 0.05) is 19.7 Å². The summed E-state index contributed by atoms with van der Waals surface area (Å²) in [5.74, 6) is 0.375. The Bertz CT molecular complexity index is 351. The number of rotatable bonds is 3. The van der Waals surface area contributed by atoms with Gasteiger partial charge < -0.3 is 15.1 Å².